The third kappa shape index (κ3) is 11.1. The van der Waals surface area contributed by atoms with Gasteiger partial charge in [-0.15, -0.1) is 0 Å². The van der Waals surface area contributed by atoms with Crippen molar-refractivity contribution >= 4 is 46.1 Å². The maximum absolute atomic E-state index is 12.2. The topological polar surface area (TPSA) is 85.7 Å². The number of hydrogen-bond acceptors (Lipinski definition) is 5. The maximum atomic E-state index is 12.2. The molecule has 0 amide bonds. The van der Waals surface area contributed by atoms with E-state index in [4.69, 9.17) is 12.2 Å². The number of hydrazone groups is 2. The molecule has 0 aliphatic carbocycles. The van der Waals surface area contributed by atoms with Gasteiger partial charge in [0.2, 0.25) is 0 Å². The molecule has 0 bridgehead atoms. The smallest absolute Gasteiger partial charge is 0.352 e. The predicted molar refractivity (Wildman–Crippen MR) is 103 cm³/mol. The maximum Gasteiger partial charge on any atom is 0.405 e. The first kappa shape index (κ1) is 24.5. The van der Waals surface area contributed by atoms with Gasteiger partial charge in [0, 0.05) is 18.0 Å². The van der Waals surface area contributed by atoms with Crippen LogP contribution in [0.1, 0.15) is 12.5 Å². The number of rotatable bonds is 6. The highest BCUT2D eigenvalue weighted by Crippen LogP contribution is 2.12. The second-order valence-electron chi connectivity index (χ2n) is 5.21. The van der Waals surface area contributed by atoms with E-state index in [0.717, 1.165) is 0 Å². The fraction of sp³-hybridized carbons (Fsp3) is 0.357. The lowest BCUT2D eigenvalue weighted by molar-refractivity contribution is -0.122. The average Bonchev–Trinajstić information content (AvgIpc) is 2.63. The van der Waals surface area contributed by atoms with Crippen LogP contribution in [0.2, 0.25) is 0 Å². The van der Waals surface area contributed by atoms with Crippen LogP contribution in [0, 0.1) is 0 Å². The number of nitrogens with one attached hydrogen (secondary N) is 4. The van der Waals surface area contributed by atoms with Gasteiger partial charge in [0.1, 0.15) is 18.8 Å². The van der Waals surface area contributed by atoms with Crippen LogP contribution in [0.4, 0.5) is 26.3 Å². The summed E-state index contributed by atoms with van der Waals surface area (Å²) < 4.78 is 73.1. The molecule has 29 heavy (non-hydrogen) atoms. The van der Waals surface area contributed by atoms with Crippen LogP contribution < -0.4 is 21.5 Å². The molecular formula is C14H15F6N7S2. The molecule has 1 aromatic heterocycles. The first-order valence-corrected chi connectivity index (χ1v) is 8.43. The summed E-state index contributed by atoms with van der Waals surface area (Å²) in [5.74, 6) is 0. The number of aromatic nitrogens is 1. The molecular weight excluding hydrogens is 444 g/mol. The van der Waals surface area contributed by atoms with Crippen molar-refractivity contribution in [2.45, 2.75) is 19.3 Å². The lowest BCUT2D eigenvalue weighted by Gasteiger charge is -2.12. The highest BCUT2D eigenvalue weighted by atomic mass is 32.1. The van der Waals surface area contributed by atoms with Crippen molar-refractivity contribution in [3.8, 4) is 0 Å². The van der Waals surface area contributed by atoms with Gasteiger partial charge in [0.15, 0.2) is 10.2 Å². The minimum absolute atomic E-state index is 0.134. The quantitative estimate of drug-likeness (QED) is 0.225. The Bertz CT molecular complexity index is 762. The van der Waals surface area contributed by atoms with E-state index in [2.05, 4.69) is 38.3 Å². The lowest BCUT2D eigenvalue weighted by atomic mass is 10.1. The minimum atomic E-state index is -4.47. The van der Waals surface area contributed by atoms with Crippen LogP contribution in [-0.4, -0.2) is 52.1 Å². The van der Waals surface area contributed by atoms with Gasteiger partial charge in [-0.1, -0.05) is 0 Å². The van der Waals surface area contributed by atoms with Gasteiger partial charge in [-0.05, 0) is 43.5 Å². The van der Waals surface area contributed by atoms with Crippen LogP contribution in [0.15, 0.2) is 34.7 Å². The second kappa shape index (κ2) is 10.8. The summed E-state index contributed by atoms with van der Waals surface area (Å²) >= 11 is 9.41. The summed E-state index contributed by atoms with van der Waals surface area (Å²) in [5.41, 5.74) is 5.22. The molecule has 1 heterocycles. The van der Waals surface area contributed by atoms with E-state index >= 15 is 0 Å². The standard InChI is InChI=1S/C14H15F6N7S2/c1-8(24-26-11(28)22-6-13(15,16)17)10(9-2-4-21-5-3-9)25-27-12(29)23-7-14(18,19)20/h2-5H,6-7H2,1H3,(H2,22,26,28)(H2,23,27,29)/b24-8+,25-10-. The molecule has 0 radical (unpaired) electrons. The Morgan fingerprint density at radius 3 is 1.79 bits per heavy atom. The number of hydrogen-bond donors (Lipinski definition) is 4. The Balaban J connectivity index is 2.87. The van der Waals surface area contributed by atoms with Crippen LogP contribution in [-0.2, 0) is 0 Å². The van der Waals surface area contributed by atoms with Crippen LogP contribution in [0.5, 0.6) is 0 Å². The third-order valence-electron chi connectivity index (χ3n) is 2.79. The van der Waals surface area contributed by atoms with Gasteiger partial charge in [0.25, 0.3) is 0 Å². The largest absolute Gasteiger partial charge is 0.405 e. The van der Waals surface area contributed by atoms with E-state index in [1.165, 1.54) is 31.5 Å². The van der Waals surface area contributed by atoms with Gasteiger partial charge in [-0.25, -0.2) is 0 Å². The first-order valence-electron chi connectivity index (χ1n) is 7.61. The number of thiocarbonyl (C=S) groups is 2. The van der Waals surface area contributed by atoms with Gasteiger partial charge in [-0.3, -0.25) is 15.8 Å². The molecule has 0 fully saturated rings. The zero-order chi connectivity index (χ0) is 22.1. The molecule has 1 rings (SSSR count). The van der Waals surface area contributed by atoms with Crippen molar-refractivity contribution in [3.05, 3.63) is 30.1 Å². The van der Waals surface area contributed by atoms with Gasteiger partial charge in [0.05, 0.1) is 5.71 Å². The molecule has 7 nitrogen and oxygen atoms in total. The number of nitrogens with zero attached hydrogens (tertiary/aromatic N) is 3. The molecule has 0 spiro atoms. The molecule has 0 aliphatic rings. The summed E-state index contributed by atoms with van der Waals surface area (Å²) in [7, 11) is 0. The van der Waals surface area contributed by atoms with Crippen molar-refractivity contribution < 1.29 is 26.3 Å². The molecule has 160 valence electrons. The Labute approximate surface area is 172 Å². The molecule has 15 heteroatoms. The van der Waals surface area contributed by atoms with Crippen molar-refractivity contribution in [1.29, 1.82) is 0 Å². The van der Waals surface area contributed by atoms with Gasteiger partial charge in [-0.2, -0.15) is 36.5 Å². The number of pyridine rings is 1. The number of alkyl halides is 6. The van der Waals surface area contributed by atoms with E-state index in [0.29, 0.717) is 5.56 Å². The van der Waals surface area contributed by atoms with Crippen molar-refractivity contribution in [3.63, 3.8) is 0 Å². The molecule has 0 saturated heterocycles. The molecule has 0 atom stereocenters. The average molecular weight is 459 g/mol. The summed E-state index contributed by atoms with van der Waals surface area (Å²) in [6.45, 7) is -1.25. The molecule has 0 aromatic carbocycles. The minimum Gasteiger partial charge on any atom is -0.352 e. The first-order chi connectivity index (χ1) is 13.4. The Kier molecular flexibility index (Phi) is 9.16. The van der Waals surface area contributed by atoms with E-state index in [9.17, 15) is 26.3 Å². The zero-order valence-corrected chi connectivity index (χ0v) is 16.3. The van der Waals surface area contributed by atoms with Crippen LogP contribution in [0.25, 0.3) is 0 Å². The molecule has 0 saturated carbocycles. The lowest BCUT2D eigenvalue weighted by Crippen LogP contribution is -2.40. The summed E-state index contributed by atoms with van der Waals surface area (Å²) in [5, 5.41) is 10.8. The summed E-state index contributed by atoms with van der Waals surface area (Å²) in [6, 6.07) is 3.07. The predicted octanol–water partition coefficient (Wildman–Crippen LogP) is 2.21. The van der Waals surface area contributed by atoms with Crippen LogP contribution >= 0.6 is 24.4 Å². The highest BCUT2D eigenvalue weighted by molar-refractivity contribution is 7.80. The Morgan fingerprint density at radius 1 is 0.897 bits per heavy atom. The van der Waals surface area contributed by atoms with E-state index in [1.807, 2.05) is 10.6 Å². The second-order valence-corrected chi connectivity index (χ2v) is 6.03. The Morgan fingerprint density at radius 2 is 1.34 bits per heavy atom. The van der Waals surface area contributed by atoms with Crippen molar-refractivity contribution in [2.75, 3.05) is 13.1 Å². The summed E-state index contributed by atoms with van der Waals surface area (Å²) in [4.78, 5) is 3.83. The molecule has 4 N–H and O–H groups in total. The van der Waals surface area contributed by atoms with Gasteiger partial charge < -0.3 is 10.6 Å². The normalized spacial score (nSPS) is 12.9. The summed E-state index contributed by atoms with van der Waals surface area (Å²) in [6.07, 6.45) is -6.07. The fourth-order valence-corrected chi connectivity index (χ4v) is 1.83. The fourth-order valence-electron chi connectivity index (χ4n) is 1.60. The van der Waals surface area contributed by atoms with Crippen molar-refractivity contribution in [1.82, 2.24) is 26.5 Å². The number of halogens is 6. The SMILES string of the molecule is CC(=N\NC(=S)NCC(F)(F)F)/C(=N/NC(=S)NCC(F)(F)F)c1ccncc1. The molecule has 0 unspecified atom stereocenters. The molecule has 1 aromatic rings. The van der Waals surface area contributed by atoms with Crippen LogP contribution in [0.3, 0.4) is 0 Å². The third-order valence-corrected chi connectivity index (χ3v) is 3.26. The van der Waals surface area contributed by atoms with E-state index in [-0.39, 0.29) is 16.5 Å². The molecule has 0 aliphatic heterocycles. The Hall–Kier alpha value is -2.55. The van der Waals surface area contributed by atoms with Crippen molar-refractivity contribution in [2.24, 2.45) is 10.2 Å². The monoisotopic (exact) mass is 459 g/mol. The van der Waals surface area contributed by atoms with E-state index in [1.54, 1.807) is 0 Å². The highest BCUT2D eigenvalue weighted by Gasteiger charge is 2.27. The van der Waals surface area contributed by atoms with Gasteiger partial charge >= 0.3 is 12.4 Å². The zero-order valence-electron chi connectivity index (χ0n) is 14.6. The van der Waals surface area contributed by atoms with E-state index < -0.39 is 30.6 Å².